The van der Waals surface area contributed by atoms with Crippen LogP contribution in [0, 0.1) is 12.8 Å². The second-order valence-corrected chi connectivity index (χ2v) is 10.3. The maximum atomic E-state index is 12.6. The maximum absolute atomic E-state index is 12.6. The summed E-state index contributed by atoms with van der Waals surface area (Å²) in [6.07, 6.45) is 3.89. The molecule has 0 aliphatic carbocycles. The molecule has 0 spiro atoms. The van der Waals surface area contributed by atoms with Gasteiger partial charge in [0.25, 0.3) is 0 Å². The highest BCUT2D eigenvalue weighted by molar-refractivity contribution is 7.22. The van der Waals surface area contributed by atoms with Crippen LogP contribution < -0.4 is 10.6 Å². The molecule has 0 unspecified atom stereocenters. The van der Waals surface area contributed by atoms with Gasteiger partial charge in [0, 0.05) is 19.5 Å². The zero-order valence-electron chi connectivity index (χ0n) is 20.1. The number of benzene rings is 2. The highest BCUT2D eigenvalue weighted by Crippen LogP contribution is 2.27. The molecule has 7 heteroatoms. The van der Waals surface area contributed by atoms with E-state index < -0.39 is 0 Å². The number of anilines is 1. The first kappa shape index (κ1) is 24.4. The lowest BCUT2D eigenvalue weighted by molar-refractivity contribution is -0.120. The Labute approximate surface area is 205 Å². The number of aromatic nitrogens is 1. The van der Waals surface area contributed by atoms with Crippen LogP contribution in [-0.2, 0) is 22.6 Å². The molecule has 2 amide bonds. The lowest BCUT2D eigenvalue weighted by atomic mass is 9.96. The van der Waals surface area contributed by atoms with E-state index in [0.29, 0.717) is 23.9 Å². The minimum atomic E-state index is -0.0119. The molecule has 2 N–H and O–H groups in total. The van der Waals surface area contributed by atoms with E-state index in [0.717, 1.165) is 61.2 Å². The number of thiazole rings is 1. The summed E-state index contributed by atoms with van der Waals surface area (Å²) in [7, 11) is 0. The molecule has 0 radical (unpaired) electrons. The summed E-state index contributed by atoms with van der Waals surface area (Å²) in [5.41, 5.74) is 4.47. The Morgan fingerprint density at radius 2 is 1.79 bits per heavy atom. The predicted molar refractivity (Wildman–Crippen MR) is 139 cm³/mol. The van der Waals surface area contributed by atoms with Crippen molar-refractivity contribution in [2.75, 3.05) is 25.0 Å². The Morgan fingerprint density at radius 1 is 1.06 bits per heavy atom. The first-order chi connectivity index (χ1) is 16.5. The molecule has 1 aromatic heterocycles. The Balaban J connectivity index is 1.21. The molecular formula is C27H34N4O2S. The van der Waals surface area contributed by atoms with Gasteiger partial charge in [-0.25, -0.2) is 4.98 Å². The molecule has 4 rings (SSSR count). The van der Waals surface area contributed by atoms with Crippen molar-refractivity contribution in [3.8, 4) is 0 Å². The standard InChI is InChI=1S/C27H34N4O2S/c1-3-4-25(32)30-27-29-23-10-9-22(15-24(23)34-27)16-26(33)28-17-20-11-13-31(14-12-20)18-21-7-5-19(2)6-8-21/h5-10,15,20H,3-4,11-14,16-18H2,1-2H3,(H,28,33)(H,29,30,32). The van der Waals surface area contributed by atoms with Gasteiger partial charge in [0.2, 0.25) is 11.8 Å². The number of likely N-dealkylation sites (tertiary alicyclic amines) is 1. The fraction of sp³-hybridized carbons (Fsp3) is 0.444. The first-order valence-electron chi connectivity index (χ1n) is 12.2. The number of rotatable bonds is 9. The van der Waals surface area contributed by atoms with Crippen molar-refractivity contribution in [2.24, 2.45) is 5.92 Å². The second-order valence-electron chi connectivity index (χ2n) is 9.31. The van der Waals surface area contributed by atoms with Gasteiger partial charge >= 0.3 is 0 Å². The molecule has 1 fully saturated rings. The highest BCUT2D eigenvalue weighted by atomic mass is 32.1. The Bertz CT molecular complexity index is 1120. The van der Waals surface area contributed by atoms with Crippen LogP contribution in [-0.4, -0.2) is 41.3 Å². The topological polar surface area (TPSA) is 74.3 Å². The van der Waals surface area contributed by atoms with Gasteiger partial charge in [0.1, 0.15) is 0 Å². The summed E-state index contributed by atoms with van der Waals surface area (Å²) in [5.74, 6) is 0.584. The van der Waals surface area contributed by atoms with Crippen molar-refractivity contribution in [3.63, 3.8) is 0 Å². The largest absolute Gasteiger partial charge is 0.356 e. The van der Waals surface area contributed by atoms with Crippen LogP contribution in [0.2, 0.25) is 0 Å². The zero-order chi connectivity index (χ0) is 23.9. The van der Waals surface area contributed by atoms with Gasteiger partial charge in [-0.15, -0.1) is 0 Å². The van der Waals surface area contributed by atoms with Crippen molar-refractivity contribution >= 4 is 38.5 Å². The highest BCUT2D eigenvalue weighted by Gasteiger charge is 2.20. The first-order valence-corrected chi connectivity index (χ1v) is 13.0. The van der Waals surface area contributed by atoms with Crippen LogP contribution in [0.15, 0.2) is 42.5 Å². The summed E-state index contributed by atoms with van der Waals surface area (Å²) >= 11 is 1.45. The fourth-order valence-corrected chi connectivity index (χ4v) is 5.29. The van der Waals surface area contributed by atoms with Crippen LogP contribution in [0.5, 0.6) is 0 Å². The number of amides is 2. The molecule has 2 heterocycles. The average Bonchev–Trinajstić information content (AvgIpc) is 3.21. The lowest BCUT2D eigenvalue weighted by Gasteiger charge is -2.32. The molecule has 1 aliphatic heterocycles. The summed E-state index contributed by atoms with van der Waals surface area (Å²) in [6, 6.07) is 14.7. The van der Waals surface area contributed by atoms with E-state index in [2.05, 4.69) is 51.7 Å². The molecule has 2 aromatic carbocycles. The Hall–Kier alpha value is -2.77. The van der Waals surface area contributed by atoms with E-state index >= 15 is 0 Å². The zero-order valence-corrected chi connectivity index (χ0v) is 20.9. The van der Waals surface area contributed by atoms with Crippen molar-refractivity contribution in [1.29, 1.82) is 0 Å². The molecule has 0 saturated carbocycles. The lowest BCUT2D eigenvalue weighted by Crippen LogP contribution is -2.38. The minimum absolute atomic E-state index is 0.0119. The number of hydrogen-bond acceptors (Lipinski definition) is 5. The molecule has 6 nitrogen and oxygen atoms in total. The van der Waals surface area contributed by atoms with Crippen LogP contribution in [0.4, 0.5) is 5.13 Å². The number of carbonyl (C=O) groups excluding carboxylic acids is 2. The summed E-state index contributed by atoms with van der Waals surface area (Å²) in [5, 5.41) is 6.61. The molecule has 0 bridgehead atoms. The van der Waals surface area contributed by atoms with E-state index in [9.17, 15) is 9.59 Å². The predicted octanol–water partition coefficient (Wildman–Crippen LogP) is 4.91. The SMILES string of the molecule is CCCC(=O)Nc1nc2ccc(CC(=O)NCC3CCN(Cc4ccc(C)cc4)CC3)cc2s1. The van der Waals surface area contributed by atoms with Gasteiger partial charge in [-0.2, -0.15) is 0 Å². The van der Waals surface area contributed by atoms with Gasteiger partial charge in [0.15, 0.2) is 5.13 Å². The number of piperidine rings is 1. The van der Waals surface area contributed by atoms with E-state index in [1.807, 2.05) is 25.1 Å². The number of nitrogens with one attached hydrogen (secondary N) is 2. The van der Waals surface area contributed by atoms with Gasteiger partial charge in [-0.3, -0.25) is 14.5 Å². The third kappa shape index (κ3) is 6.87. The molecule has 34 heavy (non-hydrogen) atoms. The number of nitrogens with zero attached hydrogens (tertiary/aromatic N) is 2. The maximum Gasteiger partial charge on any atom is 0.226 e. The molecule has 1 saturated heterocycles. The molecule has 3 aromatic rings. The van der Waals surface area contributed by atoms with Crippen molar-refractivity contribution in [3.05, 3.63) is 59.2 Å². The van der Waals surface area contributed by atoms with Gasteiger partial charge in [-0.1, -0.05) is 54.2 Å². The van der Waals surface area contributed by atoms with E-state index in [1.54, 1.807) is 0 Å². The van der Waals surface area contributed by atoms with Gasteiger partial charge in [0.05, 0.1) is 16.6 Å². The Morgan fingerprint density at radius 3 is 2.53 bits per heavy atom. The normalized spacial score (nSPS) is 14.9. The third-order valence-corrected chi connectivity index (χ3v) is 7.30. The Kier molecular flexibility index (Phi) is 8.29. The fourth-order valence-electron chi connectivity index (χ4n) is 4.35. The number of aryl methyl sites for hydroxylation is 1. The molecule has 0 atom stereocenters. The monoisotopic (exact) mass is 478 g/mol. The number of fused-ring (bicyclic) bond motifs is 1. The second kappa shape index (κ2) is 11.6. The molecular weight excluding hydrogens is 444 g/mol. The van der Waals surface area contributed by atoms with Gasteiger partial charge < -0.3 is 10.6 Å². The third-order valence-electron chi connectivity index (χ3n) is 6.36. The quantitative estimate of drug-likeness (QED) is 0.458. The summed E-state index contributed by atoms with van der Waals surface area (Å²) < 4.78 is 0.984. The van der Waals surface area contributed by atoms with Crippen LogP contribution in [0.1, 0.15) is 49.3 Å². The smallest absolute Gasteiger partial charge is 0.226 e. The summed E-state index contributed by atoms with van der Waals surface area (Å²) in [4.78, 5) is 31.3. The van der Waals surface area contributed by atoms with Crippen molar-refractivity contribution < 1.29 is 9.59 Å². The van der Waals surface area contributed by atoms with Crippen LogP contribution in [0.25, 0.3) is 10.2 Å². The number of hydrogen-bond donors (Lipinski definition) is 2. The minimum Gasteiger partial charge on any atom is -0.356 e. The summed E-state index contributed by atoms with van der Waals surface area (Å²) in [6.45, 7) is 8.00. The van der Waals surface area contributed by atoms with E-state index in [4.69, 9.17) is 0 Å². The van der Waals surface area contributed by atoms with Crippen LogP contribution in [0.3, 0.4) is 0 Å². The van der Waals surface area contributed by atoms with E-state index in [1.165, 1.54) is 22.5 Å². The van der Waals surface area contributed by atoms with Crippen molar-refractivity contribution in [1.82, 2.24) is 15.2 Å². The number of carbonyl (C=O) groups is 2. The molecule has 180 valence electrons. The van der Waals surface area contributed by atoms with Gasteiger partial charge in [-0.05, 0) is 68.5 Å². The average molecular weight is 479 g/mol. The van der Waals surface area contributed by atoms with E-state index in [-0.39, 0.29) is 11.8 Å². The molecule has 1 aliphatic rings. The van der Waals surface area contributed by atoms with Crippen LogP contribution >= 0.6 is 11.3 Å². The van der Waals surface area contributed by atoms with Crippen molar-refractivity contribution in [2.45, 2.75) is 52.5 Å².